The number of aromatic carboxylic acids is 1. The first kappa shape index (κ1) is 28.4. The Hall–Kier alpha value is -3.72. The monoisotopic (exact) mass is 602 g/mol. The third-order valence-corrected chi connectivity index (χ3v) is 9.81. The first-order valence-electron chi connectivity index (χ1n) is 13.3. The molecule has 1 aliphatic carbocycles. The van der Waals surface area contributed by atoms with Crippen molar-refractivity contribution < 1.29 is 32.2 Å². The van der Waals surface area contributed by atoms with E-state index in [4.69, 9.17) is 0 Å². The Kier molecular flexibility index (Phi) is 6.91. The topological polar surface area (TPSA) is 130 Å². The van der Waals surface area contributed by atoms with Gasteiger partial charge in [0.1, 0.15) is 5.56 Å². The molecule has 2 aliphatic rings. The summed E-state index contributed by atoms with van der Waals surface area (Å²) in [6.07, 6.45) is -0.417. The molecule has 0 radical (unpaired) electrons. The van der Waals surface area contributed by atoms with Crippen molar-refractivity contribution in [1.29, 1.82) is 0 Å². The quantitative estimate of drug-likeness (QED) is 0.256. The van der Waals surface area contributed by atoms with Gasteiger partial charge in [0, 0.05) is 38.2 Å². The number of aromatic nitrogens is 5. The highest BCUT2D eigenvalue weighted by Crippen LogP contribution is 2.57. The van der Waals surface area contributed by atoms with Crippen molar-refractivity contribution in [3.8, 4) is 5.69 Å². The maximum absolute atomic E-state index is 13.4. The number of hydrogen-bond acceptors (Lipinski definition) is 7. The van der Waals surface area contributed by atoms with Gasteiger partial charge in [-0.1, -0.05) is 24.3 Å². The highest BCUT2D eigenvalue weighted by molar-refractivity contribution is 8.22. The molecule has 2 aromatic carbocycles. The minimum atomic E-state index is -4.53. The molecule has 0 saturated heterocycles. The second-order valence-corrected chi connectivity index (χ2v) is 13.1. The van der Waals surface area contributed by atoms with E-state index in [9.17, 15) is 32.2 Å². The second-order valence-electron chi connectivity index (χ2n) is 11.1. The van der Waals surface area contributed by atoms with Gasteiger partial charge in [0.2, 0.25) is 0 Å². The van der Waals surface area contributed by atoms with Crippen LogP contribution in [0.2, 0.25) is 0 Å². The molecule has 14 heteroatoms. The summed E-state index contributed by atoms with van der Waals surface area (Å²) in [7, 11) is -1.83. The summed E-state index contributed by atoms with van der Waals surface area (Å²) in [5, 5.41) is 22.4. The number of rotatable bonds is 6. The molecule has 6 rings (SSSR count). The van der Waals surface area contributed by atoms with E-state index in [2.05, 4.69) is 15.4 Å². The van der Waals surface area contributed by atoms with Crippen LogP contribution in [0.3, 0.4) is 0 Å². The van der Waals surface area contributed by atoms with Crippen LogP contribution in [0, 0.1) is 5.92 Å². The number of benzene rings is 2. The molecular formula is C28H29F3N6O4S. The molecule has 1 aliphatic heterocycles. The zero-order chi connectivity index (χ0) is 30.0. The van der Waals surface area contributed by atoms with Crippen molar-refractivity contribution in [2.75, 3.05) is 6.54 Å². The van der Waals surface area contributed by atoms with Crippen molar-refractivity contribution in [1.82, 2.24) is 29.1 Å². The maximum Gasteiger partial charge on any atom is 0.416 e. The fraction of sp³-hybridized carbons (Fsp3) is 0.357. The number of halogens is 3. The van der Waals surface area contributed by atoms with Crippen molar-refractivity contribution in [2.24, 2.45) is 13.0 Å². The van der Waals surface area contributed by atoms with E-state index in [0.717, 1.165) is 17.8 Å². The molecule has 4 aromatic rings. The predicted octanol–water partition coefficient (Wildman–Crippen LogP) is 5.71. The summed E-state index contributed by atoms with van der Waals surface area (Å²) >= 11 is 0. The molecule has 42 heavy (non-hydrogen) atoms. The van der Waals surface area contributed by atoms with E-state index in [-0.39, 0.29) is 53.3 Å². The number of carboxylic acid groups (broad SMARTS) is 1. The molecule has 3 heterocycles. The maximum atomic E-state index is 13.4. The minimum absolute atomic E-state index is 0.0138. The molecule has 2 aromatic heterocycles. The van der Waals surface area contributed by atoms with Crippen molar-refractivity contribution >= 4 is 16.7 Å². The Morgan fingerprint density at radius 2 is 1.93 bits per heavy atom. The smallest absolute Gasteiger partial charge is 0.416 e. The zero-order valence-electron chi connectivity index (χ0n) is 22.7. The number of hydrogen-bond donors (Lipinski definition) is 3. The second kappa shape index (κ2) is 10.2. The van der Waals surface area contributed by atoms with E-state index in [1.165, 1.54) is 16.6 Å². The Morgan fingerprint density at radius 1 is 1.14 bits per heavy atom. The van der Waals surface area contributed by atoms with Crippen LogP contribution in [0.5, 0.6) is 0 Å². The molecule has 1 fully saturated rings. The normalized spacial score (nSPS) is 22.8. The van der Waals surface area contributed by atoms with E-state index >= 15 is 0 Å². The van der Waals surface area contributed by atoms with E-state index in [1.807, 2.05) is 19.2 Å². The average Bonchev–Trinajstić information content (AvgIpc) is 3.39. The van der Waals surface area contributed by atoms with Gasteiger partial charge in [0.05, 0.1) is 33.7 Å². The van der Waals surface area contributed by atoms with Gasteiger partial charge in [-0.15, -0.1) is 15.9 Å². The molecule has 3 atom stereocenters. The number of fused-ring (bicyclic) bond motifs is 1. The Labute approximate surface area is 240 Å². The molecule has 0 amide bonds. The molecule has 3 N–H and O–H groups in total. The van der Waals surface area contributed by atoms with Gasteiger partial charge >= 0.3 is 12.1 Å². The molecule has 10 nitrogen and oxygen atoms in total. The van der Waals surface area contributed by atoms with Crippen LogP contribution in [0.25, 0.3) is 5.69 Å². The summed E-state index contributed by atoms with van der Waals surface area (Å²) in [6.45, 7) is 2.22. The van der Waals surface area contributed by atoms with Crippen LogP contribution in [-0.2, 0) is 26.2 Å². The summed E-state index contributed by atoms with van der Waals surface area (Å²) < 4.78 is 67.5. The first-order chi connectivity index (χ1) is 19.8. The van der Waals surface area contributed by atoms with Gasteiger partial charge in [-0.05, 0) is 60.2 Å². The predicted molar refractivity (Wildman–Crippen MR) is 147 cm³/mol. The fourth-order valence-electron chi connectivity index (χ4n) is 5.80. The first-order valence-corrected chi connectivity index (χ1v) is 14.8. The number of nitrogens with zero attached hydrogens (tertiary/aromatic N) is 6. The minimum Gasteiger partial charge on any atom is -0.478 e. The fourth-order valence-corrected chi connectivity index (χ4v) is 7.62. The van der Waals surface area contributed by atoms with Gasteiger partial charge in [-0.2, -0.15) is 22.6 Å². The van der Waals surface area contributed by atoms with Crippen LogP contribution in [-0.4, -0.2) is 55.8 Å². The molecule has 0 spiro atoms. The van der Waals surface area contributed by atoms with Gasteiger partial charge in [0.25, 0.3) is 0 Å². The molecule has 222 valence electrons. The third-order valence-electron chi connectivity index (χ3n) is 7.82. The van der Waals surface area contributed by atoms with Crippen LogP contribution in [0.15, 0.2) is 59.8 Å². The standard InChI is InChI=1S/C28H29F3N6O4S/c1-16-8-18-10-19(28(29,30)31)6-7-25(18)42(40,41)36(13-16)14-17-4-3-5-20(9-17)37-26(23(12-32-37)27(38)39)22-11-21(22)24-15-35(2)34-33-24/h3-7,9-10,12,15-16,21-22,40-41H,8,11,13-14H2,1-2H3,(H,38,39). The number of alkyl halides is 3. The van der Waals surface area contributed by atoms with Crippen molar-refractivity contribution in [2.45, 2.75) is 49.2 Å². The third kappa shape index (κ3) is 5.19. The largest absolute Gasteiger partial charge is 0.478 e. The molecule has 0 bridgehead atoms. The van der Waals surface area contributed by atoms with Crippen molar-refractivity contribution in [3.05, 3.63) is 88.5 Å². The Balaban J connectivity index is 1.31. The Bertz CT molecular complexity index is 1670. The lowest BCUT2D eigenvalue weighted by Crippen LogP contribution is -2.30. The Morgan fingerprint density at radius 3 is 2.62 bits per heavy atom. The summed E-state index contributed by atoms with van der Waals surface area (Å²) in [5.74, 6) is -1.33. The van der Waals surface area contributed by atoms with Gasteiger partial charge in [0.15, 0.2) is 0 Å². The number of aryl methyl sites for hydroxylation is 1. The van der Waals surface area contributed by atoms with Gasteiger partial charge < -0.3 is 5.11 Å². The lowest BCUT2D eigenvalue weighted by molar-refractivity contribution is -0.137. The van der Waals surface area contributed by atoms with Crippen LogP contribution in [0.1, 0.15) is 63.6 Å². The summed E-state index contributed by atoms with van der Waals surface area (Å²) in [4.78, 5) is 12.2. The molecule has 1 saturated carbocycles. The van der Waals surface area contributed by atoms with E-state index in [0.29, 0.717) is 23.4 Å². The van der Waals surface area contributed by atoms with Crippen LogP contribution < -0.4 is 0 Å². The van der Waals surface area contributed by atoms with E-state index < -0.39 is 28.5 Å². The van der Waals surface area contributed by atoms with Crippen LogP contribution in [0.4, 0.5) is 13.2 Å². The zero-order valence-corrected chi connectivity index (χ0v) is 23.5. The number of carboxylic acids is 1. The summed E-state index contributed by atoms with van der Waals surface area (Å²) in [6, 6.07) is 10.2. The van der Waals surface area contributed by atoms with Gasteiger partial charge in [-0.25, -0.2) is 9.48 Å². The average molecular weight is 603 g/mol. The van der Waals surface area contributed by atoms with Crippen LogP contribution >= 0.6 is 10.8 Å². The SMILES string of the molecule is CC1Cc2cc(C(F)(F)F)ccc2S(O)(O)N(Cc2cccc(-n3ncc(C(=O)O)c3C3CC3c3cn(C)nn3)c2)C1. The highest BCUT2D eigenvalue weighted by Gasteiger charge is 2.46. The molecular weight excluding hydrogens is 573 g/mol. The highest BCUT2D eigenvalue weighted by atomic mass is 32.3. The summed E-state index contributed by atoms with van der Waals surface area (Å²) in [5.41, 5.74) is 2.20. The van der Waals surface area contributed by atoms with Crippen molar-refractivity contribution in [3.63, 3.8) is 0 Å². The van der Waals surface area contributed by atoms with Gasteiger partial charge in [-0.3, -0.25) is 13.8 Å². The lowest BCUT2D eigenvalue weighted by Gasteiger charge is -2.43. The van der Waals surface area contributed by atoms with E-state index in [1.54, 1.807) is 34.6 Å². The lowest BCUT2D eigenvalue weighted by atomic mass is 9.99. The molecule has 3 unspecified atom stereocenters. The number of carbonyl (C=O) groups is 1.